The molecule has 1 saturated heterocycles. The van der Waals surface area contributed by atoms with E-state index in [1.807, 2.05) is 42.5 Å². The average Bonchev–Trinajstić information content (AvgIpc) is 2.82. The molecule has 1 fully saturated rings. The van der Waals surface area contributed by atoms with E-state index < -0.39 is 15.4 Å². The Labute approximate surface area is 192 Å². The minimum atomic E-state index is -3.62. The van der Waals surface area contributed by atoms with Crippen LogP contribution in [-0.2, 0) is 21.2 Å². The summed E-state index contributed by atoms with van der Waals surface area (Å²) in [5.41, 5.74) is 1.26. The van der Waals surface area contributed by atoms with E-state index in [0.29, 0.717) is 16.6 Å². The average molecular weight is 459 g/mol. The second-order valence-corrected chi connectivity index (χ2v) is 10.3. The molecule has 1 amide bonds. The highest BCUT2D eigenvalue weighted by Gasteiger charge is 2.45. The summed E-state index contributed by atoms with van der Waals surface area (Å²) < 4.78 is 26.1. The van der Waals surface area contributed by atoms with Gasteiger partial charge in [-0.05, 0) is 35.4 Å². The molecule has 0 bridgehead atoms. The quantitative estimate of drug-likeness (QED) is 0.494. The van der Waals surface area contributed by atoms with E-state index in [-0.39, 0.29) is 29.6 Å². The van der Waals surface area contributed by atoms with E-state index in [1.54, 1.807) is 53.6 Å². The van der Waals surface area contributed by atoms with E-state index in [0.717, 1.165) is 10.9 Å². The molecule has 33 heavy (non-hydrogen) atoms. The highest BCUT2D eigenvalue weighted by atomic mass is 32.2. The Morgan fingerprint density at radius 3 is 2.33 bits per heavy atom. The first-order valence-electron chi connectivity index (χ1n) is 10.6. The molecular weight excluding hydrogens is 436 g/mol. The molecule has 166 valence electrons. The van der Waals surface area contributed by atoms with Crippen LogP contribution in [-0.4, -0.2) is 42.4 Å². The molecule has 0 spiro atoms. The summed E-state index contributed by atoms with van der Waals surface area (Å²) in [5, 5.41) is 11.5. The number of pyridine rings is 1. The number of para-hydroxylation sites is 1. The Balaban J connectivity index is 1.29. The van der Waals surface area contributed by atoms with Gasteiger partial charge in [0.15, 0.2) is 9.84 Å². The fraction of sp³-hybridized carbons (Fsp3) is 0.154. The predicted octanol–water partition coefficient (Wildman–Crippen LogP) is 3.55. The van der Waals surface area contributed by atoms with E-state index in [9.17, 15) is 18.3 Å². The molecule has 3 aromatic carbocycles. The highest BCUT2D eigenvalue weighted by molar-refractivity contribution is 7.90. The van der Waals surface area contributed by atoms with Crippen LogP contribution < -0.4 is 0 Å². The number of likely N-dealkylation sites (tertiary alicyclic amines) is 1. The lowest BCUT2D eigenvalue weighted by Crippen LogP contribution is -2.61. The summed E-state index contributed by atoms with van der Waals surface area (Å²) in [6.45, 7) is 0.445. The molecule has 0 aliphatic carbocycles. The first-order chi connectivity index (χ1) is 15.9. The molecule has 0 radical (unpaired) electrons. The zero-order chi connectivity index (χ0) is 23.1. The van der Waals surface area contributed by atoms with Crippen LogP contribution in [0.1, 0.15) is 21.5 Å². The normalized spacial score (nSPS) is 15.2. The van der Waals surface area contributed by atoms with Gasteiger partial charge in [0.2, 0.25) is 0 Å². The summed E-state index contributed by atoms with van der Waals surface area (Å²) in [7, 11) is -3.62. The number of carbonyl (C=O) groups excluding carboxylic acids is 1. The Bertz CT molecular complexity index is 1420. The number of amides is 1. The lowest BCUT2D eigenvalue weighted by molar-refractivity contribution is -0.0863. The van der Waals surface area contributed by atoms with Gasteiger partial charge in [-0.1, -0.05) is 60.7 Å². The minimum absolute atomic E-state index is 0.186. The number of fused-ring (bicyclic) bond motifs is 1. The number of benzene rings is 3. The molecule has 1 aliphatic heterocycles. The third-order valence-corrected chi connectivity index (χ3v) is 7.70. The Kier molecular flexibility index (Phi) is 5.23. The molecule has 2 heterocycles. The standard InChI is InChI=1S/C26H22N2O4S/c29-25(28-17-26(30,18-28)22-8-2-1-3-9-22)21-13-11-19(12-14-21)16-33(31,32)23-10-4-6-20-7-5-15-27-24(20)23/h1-15,30H,16-18H2. The molecule has 1 aliphatic rings. The van der Waals surface area contributed by atoms with E-state index >= 15 is 0 Å². The number of aliphatic hydroxyl groups is 1. The number of hydrogen-bond donors (Lipinski definition) is 1. The van der Waals surface area contributed by atoms with Crippen LogP contribution in [0.2, 0.25) is 0 Å². The van der Waals surface area contributed by atoms with Crippen molar-refractivity contribution < 1.29 is 18.3 Å². The summed E-state index contributed by atoms with van der Waals surface area (Å²) in [4.78, 5) is 18.8. The van der Waals surface area contributed by atoms with E-state index in [1.165, 1.54) is 0 Å². The fourth-order valence-electron chi connectivity index (χ4n) is 4.21. The molecule has 1 aromatic heterocycles. The van der Waals surface area contributed by atoms with Gasteiger partial charge in [0.05, 0.1) is 29.3 Å². The zero-order valence-corrected chi connectivity index (χ0v) is 18.6. The number of β-amino-alcohol motifs (C(OH)–C–C–N with tert-alkyl or cyclic N) is 1. The highest BCUT2D eigenvalue weighted by Crippen LogP contribution is 2.33. The molecule has 6 nitrogen and oxygen atoms in total. The maximum Gasteiger partial charge on any atom is 0.254 e. The summed E-state index contributed by atoms with van der Waals surface area (Å²) in [6.07, 6.45) is 1.58. The first kappa shape index (κ1) is 21.3. The van der Waals surface area contributed by atoms with Crippen molar-refractivity contribution in [3.63, 3.8) is 0 Å². The smallest absolute Gasteiger partial charge is 0.254 e. The largest absolute Gasteiger partial charge is 0.381 e. The summed E-state index contributed by atoms with van der Waals surface area (Å²) >= 11 is 0. The van der Waals surface area contributed by atoms with E-state index in [2.05, 4.69) is 4.98 Å². The first-order valence-corrected chi connectivity index (χ1v) is 12.2. The molecule has 0 saturated carbocycles. The summed E-state index contributed by atoms with van der Waals surface area (Å²) in [6, 6.07) is 24.6. The van der Waals surface area contributed by atoms with Crippen molar-refractivity contribution in [2.75, 3.05) is 13.1 Å². The van der Waals surface area contributed by atoms with E-state index in [4.69, 9.17) is 0 Å². The number of rotatable bonds is 5. The van der Waals surface area contributed by atoms with Crippen molar-refractivity contribution in [2.24, 2.45) is 0 Å². The number of carbonyl (C=O) groups is 1. The topological polar surface area (TPSA) is 87.6 Å². The van der Waals surface area contributed by atoms with Crippen LogP contribution in [0.3, 0.4) is 0 Å². The van der Waals surface area contributed by atoms with Crippen LogP contribution in [0.4, 0.5) is 0 Å². The van der Waals surface area contributed by atoms with Crippen LogP contribution >= 0.6 is 0 Å². The maximum absolute atomic E-state index is 13.1. The van der Waals surface area contributed by atoms with Crippen LogP contribution in [0.15, 0.2) is 96.0 Å². The van der Waals surface area contributed by atoms with Gasteiger partial charge in [-0.2, -0.15) is 0 Å². The predicted molar refractivity (Wildman–Crippen MR) is 125 cm³/mol. The maximum atomic E-state index is 13.1. The molecule has 5 rings (SSSR count). The van der Waals surface area contributed by atoms with Crippen molar-refractivity contribution in [1.29, 1.82) is 0 Å². The lowest BCUT2D eigenvalue weighted by atomic mass is 9.85. The van der Waals surface area contributed by atoms with Crippen LogP contribution in [0.5, 0.6) is 0 Å². The zero-order valence-electron chi connectivity index (χ0n) is 17.8. The van der Waals surface area contributed by atoms with Gasteiger partial charge < -0.3 is 10.0 Å². The van der Waals surface area contributed by atoms with Gasteiger partial charge in [0.25, 0.3) is 5.91 Å². The van der Waals surface area contributed by atoms with Crippen molar-refractivity contribution in [3.05, 3.63) is 108 Å². The molecule has 0 unspecified atom stereocenters. The van der Waals surface area contributed by atoms with Gasteiger partial charge in [0, 0.05) is 17.1 Å². The Hall–Kier alpha value is -3.55. The SMILES string of the molecule is O=C(c1ccc(CS(=O)(=O)c2cccc3cccnc23)cc1)N1CC(O)(c2ccccc2)C1. The number of aromatic nitrogens is 1. The number of hydrogen-bond acceptors (Lipinski definition) is 5. The van der Waals surface area contributed by atoms with Crippen LogP contribution in [0, 0.1) is 0 Å². The van der Waals surface area contributed by atoms with Crippen molar-refractivity contribution in [2.45, 2.75) is 16.2 Å². The lowest BCUT2D eigenvalue weighted by Gasteiger charge is -2.46. The monoisotopic (exact) mass is 458 g/mol. The van der Waals surface area contributed by atoms with Gasteiger partial charge >= 0.3 is 0 Å². The number of nitrogens with zero attached hydrogens (tertiary/aromatic N) is 2. The van der Waals surface area contributed by atoms with Gasteiger partial charge in [0.1, 0.15) is 5.60 Å². The minimum Gasteiger partial charge on any atom is -0.381 e. The summed E-state index contributed by atoms with van der Waals surface area (Å²) in [5.74, 6) is -0.377. The molecule has 7 heteroatoms. The Morgan fingerprint density at radius 2 is 1.61 bits per heavy atom. The molecule has 4 aromatic rings. The second-order valence-electron chi connectivity index (χ2n) is 8.35. The Morgan fingerprint density at radius 1 is 0.909 bits per heavy atom. The van der Waals surface area contributed by atoms with Crippen molar-refractivity contribution in [3.8, 4) is 0 Å². The van der Waals surface area contributed by atoms with Gasteiger partial charge in [-0.3, -0.25) is 9.78 Å². The van der Waals surface area contributed by atoms with Crippen LogP contribution in [0.25, 0.3) is 10.9 Å². The second kappa shape index (κ2) is 8.10. The third kappa shape index (κ3) is 4.01. The van der Waals surface area contributed by atoms with Crippen molar-refractivity contribution in [1.82, 2.24) is 9.88 Å². The molecule has 1 N–H and O–H groups in total. The van der Waals surface area contributed by atoms with Gasteiger partial charge in [-0.15, -0.1) is 0 Å². The molecule has 0 atom stereocenters. The van der Waals surface area contributed by atoms with Crippen molar-refractivity contribution >= 4 is 26.6 Å². The van der Waals surface area contributed by atoms with Gasteiger partial charge in [-0.25, -0.2) is 8.42 Å². The molecular formula is C26H22N2O4S. The number of sulfone groups is 1. The third-order valence-electron chi connectivity index (χ3n) is 5.99. The fourth-order valence-corrected chi connectivity index (χ4v) is 5.75.